The fourth-order valence-corrected chi connectivity index (χ4v) is 13.0. The predicted molar refractivity (Wildman–Crippen MR) is 281 cm³/mol. The zero-order chi connectivity index (χ0) is 51.6. The lowest BCUT2D eigenvalue weighted by atomic mass is 9.62. The highest BCUT2D eigenvalue weighted by molar-refractivity contribution is 6.23. The van der Waals surface area contributed by atoms with Crippen molar-refractivity contribution >= 4 is 44.6 Å². The fraction of sp³-hybridized carbons (Fsp3) is 0.0448. The van der Waals surface area contributed by atoms with Crippen LogP contribution in [0.1, 0.15) is 44.5 Å². The summed E-state index contributed by atoms with van der Waals surface area (Å²) in [4.78, 5) is 0. The number of nitriles is 8. The maximum absolute atomic E-state index is 10.6. The van der Waals surface area contributed by atoms with Gasteiger partial charge in [0.1, 0.15) is 70.8 Å². The molecule has 0 aliphatic heterocycles. The number of hydrogen-bond donors (Lipinski definition) is 0. The summed E-state index contributed by atoms with van der Waals surface area (Å²) in [6.45, 7) is 0. The third-order valence-corrected chi connectivity index (χ3v) is 15.6. The van der Waals surface area contributed by atoms with E-state index in [2.05, 4.69) is 97.1 Å². The Labute approximate surface area is 429 Å². The number of benzene rings is 8. The molecule has 0 aromatic heterocycles. The van der Waals surface area contributed by atoms with Crippen molar-refractivity contribution in [1.82, 2.24) is 0 Å². The number of fused-ring (bicyclic) bond motifs is 10. The van der Waals surface area contributed by atoms with Crippen LogP contribution in [0.2, 0.25) is 0 Å². The van der Waals surface area contributed by atoms with Crippen LogP contribution in [0.3, 0.4) is 0 Å². The summed E-state index contributed by atoms with van der Waals surface area (Å²) in [6.07, 6.45) is 0. The molecule has 75 heavy (non-hydrogen) atoms. The number of rotatable bonds is 4. The number of hydrogen-bond acceptors (Lipinski definition) is 8. The molecule has 12 rings (SSSR count). The minimum Gasteiger partial charge on any atom is -0.192 e. The van der Waals surface area contributed by atoms with Crippen LogP contribution in [0.4, 0.5) is 0 Å². The summed E-state index contributed by atoms with van der Waals surface area (Å²) in [6, 6.07) is 80.6. The Hall–Kier alpha value is -11.4. The van der Waals surface area contributed by atoms with Crippen molar-refractivity contribution in [2.45, 2.75) is 16.2 Å². The van der Waals surface area contributed by atoms with Crippen LogP contribution in [0.25, 0.3) is 44.6 Å². The van der Waals surface area contributed by atoms with Crippen LogP contribution in [0.15, 0.2) is 194 Å². The third-order valence-electron chi connectivity index (χ3n) is 15.6. The zero-order valence-electron chi connectivity index (χ0n) is 39.6. The molecule has 0 amide bonds. The maximum atomic E-state index is 10.6. The van der Waals surface area contributed by atoms with E-state index in [-0.39, 0.29) is 22.3 Å². The largest absolute Gasteiger partial charge is 0.192 e. The van der Waals surface area contributed by atoms with Crippen molar-refractivity contribution in [3.8, 4) is 48.6 Å². The molecule has 0 bridgehead atoms. The Morgan fingerprint density at radius 2 is 0.440 bits per heavy atom. The molecule has 1 spiro atoms. The lowest BCUT2D eigenvalue weighted by Crippen LogP contribution is -2.38. The lowest BCUT2D eigenvalue weighted by molar-refractivity contribution is 0.812. The standard InChI is InChI=1S/C67H32N8/c68-33-45(34-69)41-21-25-53-57(29-41)65(49-13-5-1-6-14-49,50-15-7-2-8-16-50)61-55-27-23-43(47(37-72)38-73)31-59(55)67(63(53)61)60-32-44(48(39-74)40-75)24-28-56(60)62-64(67)54-26-22-42(46(35-70)36-71)30-58(54)66(62,51-17-9-3-10-18-51)52-19-11-4-12-20-52/h1-32H. The summed E-state index contributed by atoms with van der Waals surface area (Å²) in [5, 5.41) is 89.0. The second kappa shape index (κ2) is 16.9. The van der Waals surface area contributed by atoms with Gasteiger partial charge in [0.2, 0.25) is 0 Å². The molecule has 8 aromatic carbocycles. The maximum Gasteiger partial charge on any atom is 0.136 e. The van der Waals surface area contributed by atoms with Gasteiger partial charge >= 0.3 is 0 Å². The fourth-order valence-electron chi connectivity index (χ4n) is 13.0. The highest BCUT2D eigenvalue weighted by atomic mass is 14.6. The van der Waals surface area contributed by atoms with E-state index < -0.39 is 16.2 Å². The van der Waals surface area contributed by atoms with Crippen molar-refractivity contribution in [2.24, 2.45) is 0 Å². The molecule has 8 heteroatoms. The van der Waals surface area contributed by atoms with Crippen LogP contribution in [-0.2, 0) is 16.2 Å². The van der Waals surface area contributed by atoms with Gasteiger partial charge in [0.05, 0.1) is 16.2 Å². The molecule has 0 atom stereocenters. The van der Waals surface area contributed by atoms with E-state index in [1.54, 1.807) is 0 Å². The van der Waals surface area contributed by atoms with Gasteiger partial charge in [-0.1, -0.05) is 170 Å². The van der Waals surface area contributed by atoms with Crippen molar-refractivity contribution in [2.75, 3.05) is 0 Å². The van der Waals surface area contributed by atoms with Gasteiger partial charge in [0, 0.05) is 20.9 Å². The van der Waals surface area contributed by atoms with Gasteiger partial charge in [-0.15, -0.1) is 0 Å². The van der Waals surface area contributed by atoms with Crippen LogP contribution >= 0.6 is 0 Å². The average Bonchev–Trinajstić information content (AvgIpc) is 4.28. The summed E-state index contributed by atoms with van der Waals surface area (Å²) in [5.41, 5.74) is 6.12. The topological polar surface area (TPSA) is 190 Å². The first-order chi connectivity index (χ1) is 36.9. The minimum absolute atomic E-state index is 0.0606. The quantitative estimate of drug-likeness (QED) is 0.221. The predicted octanol–water partition coefficient (Wildman–Crippen LogP) is 5.49. The third kappa shape index (κ3) is 5.72. The van der Waals surface area contributed by atoms with E-state index in [0.717, 1.165) is 87.7 Å². The van der Waals surface area contributed by atoms with Crippen LogP contribution in [-0.4, -0.2) is 0 Å². The van der Waals surface area contributed by atoms with Gasteiger partial charge in [-0.05, 0) is 112 Å². The van der Waals surface area contributed by atoms with E-state index in [4.69, 9.17) is 0 Å². The Kier molecular flexibility index (Phi) is 10.1. The Morgan fingerprint density at radius 3 is 0.653 bits per heavy atom. The van der Waals surface area contributed by atoms with Gasteiger partial charge < -0.3 is 0 Å². The first-order valence-electron chi connectivity index (χ1n) is 23.9. The van der Waals surface area contributed by atoms with Gasteiger partial charge in [-0.2, -0.15) is 42.1 Å². The van der Waals surface area contributed by atoms with Crippen molar-refractivity contribution < 1.29 is 0 Å². The van der Waals surface area contributed by atoms with Crippen molar-refractivity contribution in [1.29, 1.82) is 42.1 Å². The van der Waals surface area contributed by atoms with E-state index in [9.17, 15) is 42.1 Å². The summed E-state index contributed by atoms with van der Waals surface area (Å²) in [7, 11) is 0. The molecule has 0 radical (unpaired) electrons. The first kappa shape index (κ1) is 44.8. The van der Waals surface area contributed by atoms with Crippen LogP contribution in [0, 0.1) is 90.6 Å². The highest BCUT2D eigenvalue weighted by Gasteiger charge is 2.64. The van der Waals surface area contributed by atoms with Gasteiger partial charge in [0.25, 0.3) is 0 Å². The van der Waals surface area contributed by atoms with Crippen molar-refractivity contribution in [3.05, 3.63) is 280 Å². The Morgan fingerprint density at radius 1 is 0.240 bits per heavy atom. The molecule has 340 valence electrons. The van der Waals surface area contributed by atoms with Crippen LogP contribution < -0.4 is 41.7 Å². The monoisotopic (exact) mass is 948 g/mol. The average molecular weight is 949 g/mol. The molecule has 8 nitrogen and oxygen atoms in total. The Balaban J connectivity index is 1.44. The molecular formula is C67H32N8. The number of nitrogens with zero attached hydrogens (tertiary/aromatic N) is 8. The van der Waals surface area contributed by atoms with Gasteiger partial charge in [-0.3, -0.25) is 0 Å². The van der Waals surface area contributed by atoms with E-state index in [1.807, 2.05) is 146 Å². The molecule has 0 saturated carbocycles. The molecule has 0 saturated heterocycles. The molecule has 4 aliphatic rings. The van der Waals surface area contributed by atoms with E-state index >= 15 is 0 Å². The molecule has 0 heterocycles. The molecular weight excluding hydrogens is 917 g/mol. The second-order valence-corrected chi connectivity index (χ2v) is 18.6. The van der Waals surface area contributed by atoms with Gasteiger partial charge in [-0.25, -0.2) is 0 Å². The van der Waals surface area contributed by atoms with Crippen LogP contribution in [0.5, 0.6) is 0 Å². The van der Waals surface area contributed by atoms with E-state index in [1.165, 1.54) is 0 Å². The normalized spacial score (nSPS) is 14.5. The highest BCUT2D eigenvalue weighted by Crippen LogP contribution is 2.67. The molecule has 4 aliphatic carbocycles. The zero-order valence-corrected chi connectivity index (χ0v) is 39.6. The molecule has 8 aromatic rings. The van der Waals surface area contributed by atoms with Gasteiger partial charge in [0.15, 0.2) is 0 Å². The summed E-state index contributed by atoms with van der Waals surface area (Å²) in [5.74, 6) is 0. The SMILES string of the molecule is N#CC(C#N)=c1ccc2c(c1)C1(C3=c4ccc(=C(C#N)C#N)cc4C(c4ccccc4)(c4ccccc4)C=23)C2=c3ccc(=C(C#N)C#N)cc3C(c3ccccc3)(c3ccccc3)C2=c2ccc(=C(C#N)C#N)cc21. The molecule has 0 unspecified atom stereocenters. The molecule has 0 N–H and O–H groups in total. The smallest absolute Gasteiger partial charge is 0.136 e. The summed E-state index contributed by atoms with van der Waals surface area (Å²) >= 11 is 0. The van der Waals surface area contributed by atoms with Crippen molar-refractivity contribution in [3.63, 3.8) is 0 Å². The second-order valence-electron chi connectivity index (χ2n) is 18.6. The first-order valence-corrected chi connectivity index (χ1v) is 23.9. The Bertz CT molecular complexity index is 4390. The lowest BCUT2D eigenvalue weighted by Gasteiger charge is -2.38. The summed E-state index contributed by atoms with van der Waals surface area (Å²) < 4.78 is 0. The molecule has 0 fully saturated rings. The van der Waals surface area contributed by atoms with E-state index in [0.29, 0.717) is 20.9 Å². The minimum atomic E-state index is -1.40.